The van der Waals surface area contributed by atoms with Crippen LogP contribution in [0.5, 0.6) is 5.75 Å². The third-order valence-corrected chi connectivity index (χ3v) is 4.08. The molecule has 3 aromatic rings. The zero-order valence-corrected chi connectivity index (χ0v) is 15.5. The summed E-state index contributed by atoms with van der Waals surface area (Å²) in [5.74, 6) is 0.691. The fraction of sp³-hybridized carbons (Fsp3) is 0.211. The van der Waals surface area contributed by atoms with Gasteiger partial charge in [0.15, 0.2) is 5.82 Å². The fourth-order valence-corrected chi connectivity index (χ4v) is 2.64. The van der Waals surface area contributed by atoms with Crippen molar-refractivity contribution in [2.45, 2.75) is 6.54 Å². The molecule has 1 heterocycles. The minimum atomic E-state index is -0.406. The van der Waals surface area contributed by atoms with E-state index in [1.54, 1.807) is 50.6 Å². The van der Waals surface area contributed by atoms with E-state index in [9.17, 15) is 14.0 Å². The van der Waals surface area contributed by atoms with Gasteiger partial charge in [0.25, 0.3) is 0 Å². The fourth-order valence-electron chi connectivity index (χ4n) is 2.64. The number of amides is 2. The summed E-state index contributed by atoms with van der Waals surface area (Å²) in [4.78, 5) is 24.3. The molecule has 0 aliphatic carbocycles. The Morgan fingerprint density at radius 2 is 1.96 bits per heavy atom. The SMILES string of the molecule is COc1cccc(NC(=O)NCCn2nc(-c3ccc(F)cc3)n(C)c2=O)c1. The number of carbonyl (C=O) groups is 1. The van der Waals surface area contributed by atoms with Gasteiger partial charge in [0, 0.05) is 30.9 Å². The van der Waals surface area contributed by atoms with Crippen LogP contribution in [-0.2, 0) is 13.6 Å². The van der Waals surface area contributed by atoms with E-state index in [1.807, 2.05) is 0 Å². The Kier molecular flexibility index (Phi) is 5.73. The number of methoxy groups -OCH3 is 1. The molecule has 0 unspecified atom stereocenters. The molecule has 0 bridgehead atoms. The number of ether oxygens (including phenoxy) is 1. The van der Waals surface area contributed by atoms with Crippen LogP contribution in [-0.4, -0.2) is 34.0 Å². The quantitative estimate of drug-likeness (QED) is 0.681. The standard InChI is InChI=1S/C19H20FN5O3/c1-24-17(13-6-8-14(20)9-7-13)23-25(19(24)27)11-10-21-18(26)22-15-4-3-5-16(12-15)28-2/h3-9,12H,10-11H2,1-2H3,(H2,21,22,26). The molecule has 0 spiro atoms. The summed E-state index contributed by atoms with van der Waals surface area (Å²) in [5.41, 5.74) is 0.892. The maximum absolute atomic E-state index is 13.1. The Morgan fingerprint density at radius 1 is 1.21 bits per heavy atom. The van der Waals surface area contributed by atoms with Crippen molar-refractivity contribution in [2.24, 2.45) is 7.05 Å². The van der Waals surface area contributed by atoms with Gasteiger partial charge < -0.3 is 15.4 Å². The van der Waals surface area contributed by atoms with Crippen molar-refractivity contribution in [3.8, 4) is 17.1 Å². The minimum absolute atomic E-state index is 0.194. The summed E-state index contributed by atoms with van der Waals surface area (Å²) in [5, 5.41) is 9.63. The van der Waals surface area contributed by atoms with Crippen LogP contribution in [0.3, 0.4) is 0 Å². The van der Waals surface area contributed by atoms with Crippen molar-refractivity contribution in [1.82, 2.24) is 19.7 Å². The zero-order valence-electron chi connectivity index (χ0n) is 15.5. The molecule has 0 radical (unpaired) electrons. The highest BCUT2D eigenvalue weighted by Gasteiger charge is 2.12. The second-order valence-corrected chi connectivity index (χ2v) is 6.01. The van der Waals surface area contributed by atoms with Crippen LogP contribution in [0.2, 0.25) is 0 Å². The Bertz CT molecular complexity index is 1030. The maximum atomic E-state index is 13.1. The van der Waals surface area contributed by atoms with Gasteiger partial charge in [-0.2, -0.15) is 0 Å². The van der Waals surface area contributed by atoms with Gasteiger partial charge >= 0.3 is 11.7 Å². The number of carbonyl (C=O) groups excluding carboxylic acids is 1. The van der Waals surface area contributed by atoms with Crippen molar-refractivity contribution in [2.75, 3.05) is 19.0 Å². The van der Waals surface area contributed by atoms with Crippen molar-refractivity contribution in [1.29, 1.82) is 0 Å². The molecule has 8 nitrogen and oxygen atoms in total. The number of nitrogens with one attached hydrogen (secondary N) is 2. The molecular weight excluding hydrogens is 365 g/mol. The number of anilines is 1. The van der Waals surface area contributed by atoms with Gasteiger partial charge in [-0.1, -0.05) is 6.07 Å². The topological polar surface area (TPSA) is 90.2 Å². The summed E-state index contributed by atoms with van der Waals surface area (Å²) in [6.07, 6.45) is 0. The van der Waals surface area contributed by atoms with Gasteiger partial charge in [-0.3, -0.25) is 4.57 Å². The normalized spacial score (nSPS) is 10.5. The number of hydrogen-bond acceptors (Lipinski definition) is 4. The lowest BCUT2D eigenvalue weighted by molar-refractivity contribution is 0.251. The third kappa shape index (κ3) is 4.37. The average Bonchev–Trinajstić information content (AvgIpc) is 2.97. The summed E-state index contributed by atoms with van der Waals surface area (Å²) >= 11 is 0. The number of hydrogen-bond donors (Lipinski definition) is 2. The first kappa shape index (κ1) is 19.2. The van der Waals surface area contributed by atoms with E-state index in [4.69, 9.17) is 4.74 Å². The molecule has 28 heavy (non-hydrogen) atoms. The van der Waals surface area contributed by atoms with Gasteiger partial charge in [0.1, 0.15) is 11.6 Å². The number of nitrogens with zero attached hydrogens (tertiary/aromatic N) is 3. The van der Waals surface area contributed by atoms with Crippen LogP contribution >= 0.6 is 0 Å². The lowest BCUT2D eigenvalue weighted by Crippen LogP contribution is -2.34. The predicted molar refractivity (Wildman–Crippen MR) is 103 cm³/mol. The molecule has 0 aliphatic rings. The van der Waals surface area contributed by atoms with Gasteiger partial charge in [-0.25, -0.2) is 18.7 Å². The molecule has 0 saturated heterocycles. The largest absolute Gasteiger partial charge is 0.497 e. The zero-order chi connectivity index (χ0) is 20.1. The lowest BCUT2D eigenvalue weighted by atomic mass is 10.2. The Balaban J connectivity index is 1.60. The van der Waals surface area contributed by atoms with E-state index in [2.05, 4.69) is 15.7 Å². The molecule has 2 N–H and O–H groups in total. The Morgan fingerprint density at radius 3 is 2.68 bits per heavy atom. The van der Waals surface area contributed by atoms with E-state index in [0.717, 1.165) is 0 Å². The van der Waals surface area contributed by atoms with Crippen molar-refractivity contribution >= 4 is 11.7 Å². The molecule has 3 rings (SSSR count). The van der Waals surface area contributed by atoms with Gasteiger partial charge in [-0.15, -0.1) is 5.10 Å². The summed E-state index contributed by atoms with van der Waals surface area (Å²) < 4.78 is 20.8. The minimum Gasteiger partial charge on any atom is -0.497 e. The third-order valence-electron chi connectivity index (χ3n) is 4.08. The second-order valence-electron chi connectivity index (χ2n) is 6.01. The summed E-state index contributed by atoms with van der Waals surface area (Å²) in [7, 11) is 3.14. The van der Waals surface area contributed by atoms with E-state index >= 15 is 0 Å². The van der Waals surface area contributed by atoms with Gasteiger partial charge in [-0.05, 0) is 36.4 Å². The smallest absolute Gasteiger partial charge is 0.345 e. The highest BCUT2D eigenvalue weighted by atomic mass is 19.1. The number of urea groups is 1. The first-order valence-electron chi connectivity index (χ1n) is 8.56. The summed E-state index contributed by atoms with van der Waals surface area (Å²) in [6.45, 7) is 0.398. The number of benzene rings is 2. The molecule has 2 aromatic carbocycles. The van der Waals surface area contributed by atoms with Crippen molar-refractivity contribution in [3.05, 3.63) is 64.8 Å². The highest BCUT2D eigenvalue weighted by Crippen LogP contribution is 2.16. The highest BCUT2D eigenvalue weighted by molar-refractivity contribution is 5.89. The van der Waals surface area contributed by atoms with Gasteiger partial charge in [0.2, 0.25) is 0 Å². The average molecular weight is 385 g/mol. The summed E-state index contributed by atoms with van der Waals surface area (Å²) in [6, 6.07) is 12.3. The van der Waals surface area contributed by atoms with Crippen LogP contribution in [0.1, 0.15) is 0 Å². The van der Waals surface area contributed by atoms with Crippen LogP contribution in [0.15, 0.2) is 53.3 Å². The molecule has 0 aliphatic heterocycles. The Hall–Kier alpha value is -3.62. The van der Waals surface area contributed by atoms with Gasteiger partial charge in [0.05, 0.1) is 13.7 Å². The maximum Gasteiger partial charge on any atom is 0.345 e. The van der Waals surface area contributed by atoms with E-state index in [0.29, 0.717) is 22.8 Å². The van der Waals surface area contributed by atoms with Crippen molar-refractivity contribution < 1.29 is 13.9 Å². The van der Waals surface area contributed by atoms with E-state index in [1.165, 1.54) is 21.4 Å². The van der Waals surface area contributed by atoms with Crippen LogP contribution in [0.4, 0.5) is 14.9 Å². The second kappa shape index (κ2) is 8.38. The first-order valence-corrected chi connectivity index (χ1v) is 8.56. The molecule has 0 atom stereocenters. The van der Waals surface area contributed by atoms with E-state index in [-0.39, 0.29) is 24.6 Å². The van der Waals surface area contributed by atoms with Crippen LogP contribution in [0, 0.1) is 5.82 Å². The first-order chi connectivity index (χ1) is 13.5. The molecule has 0 saturated carbocycles. The molecular formula is C19H20FN5O3. The number of rotatable bonds is 6. The Labute approximate surface area is 160 Å². The molecule has 1 aromatic heterocycles. The predicted octanol–water partition coefficient (Wildman–Crippen LogP) is 2.22. The monoisotopic (exact) mass is 385 g/mol. The molecule has 0 fully saturated rings. The number of halogens is 1. The number of aromatic nitrogens is 3. The van der Waals surface area contributed by atoms with Crippen molar-refractivity contribution in [3.63, 3.8) is 0 Å². The molecule has 9 heteroatoms. The molecule has 2 amide bonds. The van der Waals surface area contributed by atoms with Crippen LogP contribution in [0.25, 0.3) is 11.4 Å². The van der Waals surface area contributed by atoms with Crippen LogP contribution < -0.4 is 21.1 Å². The van der Waals surface area contributed by atoms with E-state index < -0.39 is 6.03 Å². The lowest BCUT2D eigenvalue weighted by Gasteiger charge is -2.08. The molecule has 146 valence electrons.